The summed E-state index contributed by atoms with van der Waals surface area (Å²) in [7, 11) is 0. The number of aliphatic imine (C=N–C) groups is 1. The number of hydrogen-bond acceptors (Lipinski definition) is 3. The molecule has 5 heteroatoms. The van der Waals surface area contributed by atoms with Gasteiger partial charge >= 0.3 is 6.09 Å². The molecule has 0 bridgehead atoms. The minimum absolute atomic E-state index is 0.160. The molecule has 1 N–H and O–H groups in total. The zero-order valence-electron chi connectivity index (χ0n) is 12.9. The summed E-state index contributed by atoms with van der Waals surface area (Å²) in [5.74, 6) is -0.442. The Hall–Kier alpha value is -2.95. The van der Waals surface area contributed by atoms with Crippen LogP contribution in [0.2, 0.25) is 0 Å². The Morgan fingerprint density at radius 1 is 1.09 bits per heavy atom. The molecule has 0 aliphatic heterocycles. The minimum Gasteiger partial charge on any atom is -0.445 e. The number of aryl methyl sites for hydroxylation is 1. The molecule has 0 unspecified atom stereocenters. The third kappa shape index (κ3) is 6.13. The molecule has 0 radical (unpaired) electrons. The fourth-order valence-corrected chi connectivity index (χ4v) is 1.77. The van der Waals surface area contributed by atoms with E-state index in [0.29, 0.717) is 0 Å². The first-order valence-electron chi connectivity index (χ1n) is 7.21. The molecule has 0 atom stereocenters. The summed E-state index contributed by atoms with van der Waals surface area (Å²) in [4.78, 5) is 26.9. The van der Waals surface area contributed by atoms with Gasteiger partial charge in [0.05, 0.1) is 0 Å². The highest BCUT2D eigenvalue weighted by Gasteiger charge is 2.05. The van der Waals surface area contributed by atoms with Crippen molar-refractivity contribution in [3.05, 3.63) is 71.3 Å². The van der Waals surface area contributed by atoms with Crippen molar-refractivity contribution in [1.82, 2.24) is 5.32 Å². The van der Waals surface area contributed by atoms with Gasteiger partial charge in [0.1, 0.15) is 13.2 Å². The standard InChI is InChI=1S/C18H18N2O3/c1-14-7-9-15(10-8-14)11-19-17(21)12-20-18(22)23-13-16-5-3-2-4-6-16/h2-11H,12-13H2,1H3,(H,20,22). The summed E-state index contributed by atoms with van der Waals surface area (Å²) in [5, 5.41) is 2.37. The predicted octanol–water partition coefficient (Wildman–Crippen LogP) is 2.87. The number of benzene rings is 2. The summed E-state index contributed by atoms with van der Waals surface area (Å²) >= 11 is 0. The molecule has 2 rings (SSSR count). The van der Waals surface area contributed by atoms with Gasteiger partial charge in [0.2, 0.25) is 0 Å². The third-order valence-electron chi connectivity index (χ3n) is 3.03. The van der Waals surface area contributed by atoms with Crippen LogP contribution in [-0.4, -0.2) is 24.8 Å². The van der Waals surface area contributed by atoms with Gasteiger partial charge in [-0.2, -0.15) is 0 Å². The second-order valence-corrected chi connectivity index (χ2v) is 4.98. The Kier molecular flexibility index (Phi) is 6.06. The zero-order chi connectivity index (χ0) is 16.5. The van der Waals surface area contributed by atoms with Crippen molar-refractivity contribution in [2.24, 2.45) is 4.99 Å². The lowest BCUT2D eigenvalue weighted by Gasteiger charge is -2.05. The van der Waals surface area contributed by atoms with Crippen molar-refractivity contribution in [2.75, 3.05) is 6.54 Å². The highest BCUT2D eigenvalue weighted by atomic mass is 16.5. The van der Waals surface area contributed by atoms with Gasteiger partial charge in [0.15, 0.2) is 0 Å². The molecule has 0 saturated carbocycles. The molecule has 2 aromatic carbocycles. The molecule has 0 spiro atoms. The van der Waals surface area contributed by atoms with E-state index in [9.17, 15) is 9.59 Å². The van der Waals surface area contributed by atoms with E-state index in [-0.39, 0.29) is 13.2 Å². The number of nitrogens with zero attached hydrogens (tertiary/aromatic N) is 1. The first-order valence-corrected chi connectivity index (χ1v) is 7.21. The molecule has 5 nitrogen and oxygen atoms in total. The number of alkyl carbamates (subject to hydrolysis) is 1. The van der Waals surface area contributed by atoms with Crippen LogP contribution in [0.25, 0.3) is 0 Å². The van der Waals surface area contributed by atoms with Gasteiger partial charge in [0.25, 0.3) is 5.91 Å². The molecular weight excluding hydrogens is 292 g/mol. The topological polar surface area (TPSA) is 67.8 Å². The van der Waals surface area contributed by atoms with Gasteiger partial charge in [-0.1, -0.05) is 60.2 Å². The van der Waals surface area contributed by atoms with Crippen LogP contribution in [0.4, 0.5) is 4.79 Å². The Labute approximate surface area is 135 Å². The summed E-state index contributed by atoms with van der Waals surface area (Å²) in [6.07, 6.45) is 0.825. The molecule has 23 heavy (non-hydrogen) atoms. The lowest BCUT2D eigenvalue weighted by Crippen LogP contribution is -2.29. The van der Waals surface area contributed by atoms with E-state index in [1.807, 2.05) is 61.5 Å². The van der Waals surface area contributed by atoms with Gasteiger partial charge in [-0.05, 0) is 18.1 Å². The molecule has 0 fully saturated rings. The lowest BCUT2D eigenvalue weighted by molar-refractivity contribution is -0.116. The highest BCUT2D eigenvalue weighted by molar-refractivity contribution is 5.93. The number of ether oxygens (including phenoxy) is 1. The van der Waals surface area contributed by atoms with E-state index in [1.54, 1.807) is 0 Å². The van der Waals surface area contributed by atoms with E-state index in [2.05, 4.69) is 10.3 Å². The maximum absolute atomic E-state index is 11.6. The van der Waals surface area contributed by atoms with Gasteiger partial charge in [-0.25, -0.2) is 9.79 Å². The number of amides is 2. The first kappa shape index (κ1) is 16.4. The number of nitrogens with one attached hydrogen (secondary N) is 1. The van der Waals surface area contributed by atoms with Crippen molar-refractivity contribution >= 4 is 18.2 Å². The van der Waals surface area contributed by atoms with Crippen molar-refractivity contribution in [2.45, 2.75) is 13.5 Å². The molecule has 2 amide bonds. The smallest absolute Gasteiger partial charge is 0.407 e. The van der Waals surface area contributed by atoms with Crippen molar-refractivity contribution in [3.63, 3.8) is 0 Å². The van der Waals surface area contributed by atoms with Crippen LogP contribution in [0.5, 0.6) is 0 Å². The van der Waals surface area contributed by atoms with Crippen molar-refractivity contribution < 1.29 is 14.3 Å². The van der Waals surface area contributed by atoms with E-state index in [4.69, 9.17) is 4.74 Å². The van der Waals surface area contributed by atoms with Gasteiger partial charge < -0.3 is 10.1 Å². The Balaban J connectivity index is 1.71. The largest absolute Gasteiger partial charge is 0.445 e. The van der Waals surface area contributed by atoms with Crippen LogP contribution in [0.15, 0.2) is 59.6 Å². The fraction of sp³-hybridized carbons (Fsp3) is 0.167. The van der Waals surface area contributed by atoms with Crippen LogP contribution >= 0.6 is 0 Å². The fourth-order valence-electron chi connectivity index (χ4n) is 1.77. The SMILES string of the molecule is Cc1ccc(C=NC(=O)CNC(=O)OCc2ccccc2)cc1. The number of rotatable bonds is 5. The summed E-state index contributed by atoms with van der Waals surface area (Å²) in [6, 6.07) is 16.9. The second-order valence-electron chi connectivity index (χ2n) is 4.98. The monoisotopic (exact) mass is 310 g/mol. The Morgan fingerprint density at radius 2 is 1.78 bits per heavy atom. The quantitative estimate of drug-likeness (QED) is 0.863. The summed E-state index contributed by atoms with van der Waals surface area (Å²) in [6.45, 7) is 1.94. The molecule has 2 aromatic rings. The molecule has 0 aromatic heterocycles. The van der Waals surface area contributed by atoms with Crippen LogP contribution in [0.1, 0.15) is 16.7 Å². The predicted molar refractivity (Wildman–Crippen MR) is 88.4 cm³/mol. The second kappa shape index (κ2) is 8.48. The molecule has 118 valence electrons. The van der Waals surface area contributed by atoms with E-state index in [0.717, 1.165) is 16.7 Å². The van der Waals surface area contributed by atoms with Crippen molar-refractivity contribution in [3.8, 4) is 0 Å². The summed E-state index contributed by atoms with van der Waals surface area (Å²) in [5.41, 5.74) is 2.85. The van der Waals surface area contributed by atoms with Crippen LogP contribution < -0.4 is 5.32 Å². The highest BCUT2D eigenvalue weighted by Crippen LogP contribution is 2.01. The molecule has 0 aliphatic carbocycles. The average Bonchev–Trinajstić information content (AvgIpc) is 2.58. The maximum atomic E-state index is 11.6. The minimum atomic E-state index is -0.646. The molecule has 0 aliphatic rings. The Bertz CT molecular complexity index is 679. The Morgan fingerprint density at radius 3 is 2.48 bits per heavy atom. The van der Waals surface area contributed by atoms with Crippen molar-refractivity contribution in [1.29, 1.82) is 0 Å². The lowest BCUT2D eigenvalue weighted by atomic mass is 10.2. The van der Waals surface area contributed by atoms with Gasteiger partial charge in [0, 0.05) is 6.21 Å². The van der Waals surface area contributed by atoms with Gasteiger partial charge in [-0.3, -0.25) is 4.79 Å². The van der Waals surface area contributed by atoms with Crippen LogP contribution in [0, 0.1) is 6.92 Å². The molecule has 0 saturated heterocycles. The summed E-state index contributed by atoms with van der Waals surface area (Å²) < 4.78 is 5.00. The van der Waals surface area contributed by atoms with E-state index < -0.39 is 12.0 Å². The van der Waals surface area contributed by atoms with E-state index in [1.165, 1.54) is 6.21 Å². The van der Waals surface area contributed by atoms with Crippen LogP contribution in [-0.2, 0) is 16.1 Å². The first-order chi connectivity index (χ1) is 11.1. The molecular formula is C18H18N2O3. The number of carbonyl (C=O) groups excluding carboxylic acids is 2. The third-order valence-corrected chi connectivity index (χ3v) is 3.03. The normalized spacial score (nSPS) is 10.5. The molecule has 0 heterocycles. The van der Waals surface area contributed by atoms with Crippen LogP contribution in [0.3, 0.4) is 0 Å². The zero-order valence-corrected chi connectivity index (χ0v) is 12.9. The average molecular weight is 310 g/mol. The number of hydrogen-bond donors (Lipinski definition) is 1. The maximum Gasteiger partial charge on any atom is 0.407 e. The number of carbonyl (C=O) groups is 2. The van der Waals surface area contributed by atoms with E-state index >= 15 is 0 Å². The van der Waals surface area contributed by atoms with Gasteiger partial charge in [-0.15, -0.1) is 0 Å².